The van der Waals surface area contributed by atoms with Crippen LogP contribution < -0.4 is 4.90 Å². The number of para-hydroxylation sites is 2. The molecule has 0 saturated carbocycles. The van der Waals surface area contributed by atoms with E-state index in [9.17, 15) is 0 Å². The molecule has 2 nitrogen and oxygen atoms in total. The van der Waals surface area contributed by atoms with Gasteiger partial charge in [-0.25, -0.2) is 0 Å². The van der Waals surface area contributed by atoms with E-state index in [-0.39, 0.29) is 10.8 Å². The fourth-order valence-corrected chi connectivity index (χ4v) is 11.8. The quantitative estimate of drug-likeness (QED) is 0.166. The van der Waals surface area contributed by atoms with Crippen LogP contribution in [0.3, 0.4) is 0 Å². The van der Waals surface area contributed by atoms with Gasteiger partial charge in [0.15, 0.2) is 0 Å². The third kappa shape index (κ3) is 5.48. The van der Waals surface area contributed by atoms with Crippen LogP contribution in [0.1, 0.15) is 49.9 Å². The number of furan rings is 1. The Morgan fingerprint density at radius 1 is 0.364 bits per heavy atom. The second kappa shape index (κ2) is 14.3. The highest BCUT2D eigenvalue weighted by Crippen LogP contribution is 2.56. The van der Waals surface area contributed by atoms with Crippen LogP contribution in [0.4, 0.5) is 17.1 Å². The summed E-state index contributed by atoms with van der Waals surface area (Å²) in [5, 5.41) is 4.53. The van der Waals surface area contributed by atoms with E-state index in [1.165, 1.54) is 72.1 Å². The molecular weight excluding hydrogens is 799 g/mol. The zero-order valence-corrected chi connectivity index (χ0v) is 37.6. The Hall–Kier alpha value is -7.94. The van der Waals surface area contributed by atoms with Crippen LogP contribution in [-0.2, 0) is 10.8 Å². The number of hydrogen-bond acceptors (Lipinski definition) is 2. The first kappa shape index (κ1) is 38.5. The molecule has 2 heteroatoms. The van der Waals surface area contributed by atoms with Crippen molar-refractivity contribution in [2.75, 3.05) is 4.90 Å². The van der Waals surface area contributed by atoms with E-state index in [0.717, 1.165) is 55.5 Å². The summed E-state index contributed by atoms with van der Waals surface area (Å²) < 4.78 is 6.77. The highest BCUT2D eigenvalue weighted by atomic mass is 16.3. The van der Waals surface area contributed by atoms with E-state index >= 15 is 0 Å². The molecule has 2 aliphatic carbocycles. The lowest BCUT2D eigenvalue weighted by Crippen LogP contribution is -2.16. The van der Waals surface area contributed by atoms with E-state index < -0.39 is 0 Å². The monoisotopic (exact) mass is 845 g/mol. The van der Waals surface area contributed by atoms with Crippen molar-refractivity contribution in [3.8, 4) is 55.6 Å². The topological polar surface area (TPSA) is 16.4 Å². The predicted octanol–water partition coefficient (Wildman–Crippen LogP) is 17.8. The average molecular weight is 846 g/mol. The van der Waals surface area contributed by atoms with Crippen LogP contribution in [0.5, 0.6) is 0 Å². The summed E-state index contributed by atoms with van der Waals surface area (Å²) in [7, 11) is 0. The zero-order chi connectivity index (χ0) is 44.3. The Balaban J connectivity index is 1.04. The molecule has 0 unspecified atom stereocenters. The van der Waals surface area contributed by atoms with E-state index in [2.05, 4.69) is 245 Å². The molecule has 0 amide bonds. The lowest BCUT2D eigenvalue weighted by Gasteiger charge is -2.31. The fourth-order valence-electron chi connectivity index (χ4n) is 11.8. The van der Waals surface area contributed by atoms with E-state index in [1.54, 1.807) is 0 Å². The van der Waals surface area contributed by atoms with Crippen molar-refractivity contribution in [3.63, 3.8) is 0 Å². The van der Waals surface area contributed by atoms with Crippen LogP contribution >= 0.6 is 0 Å². The predicted molar refractivity (Wildman–Crippen MR) is 277 cm³/mol. The van der Waals surface area contributed by atoms with Crippen molar-refractivity contribution in [1.82, 2.24) is 0 Å². The van der Waals surface area contributed by atoms with Crippen LogP contribution in [-0.4, -0.2) is 0 Å². The average Bonchev–Trinajstić information content (AvgIpc) is 3.95. The van der Waals surface area contributed by atoms with Gasteiger partial charge in [0.1, 0.15) is 11.2 Å². The van der Waals surface area contributed by atoms with Gasteiger partial charge in [-0.1, -0.05) is 204 Å². The van der Waals surface area contributed by atoms with Gasteiger partial charge in [0.05, 0.1) is 11.4 Å². The SMILES string of the molecule is CC1(C)c2ccccc2-c2c(-c3ccccc3N(c3ccc(-c4cccc5c4C(C)(C)c4ccccc4-5)cc3)c3ccccc3-c3cccc4oc5c6ccccc6ccc5c34)cccc21. The second-order valence-corrected chi connectivity index (χ2v) is 19.2. The van der Waals surface area contributed by atoms with Crippen LogP contribution in [0.2, 0.25) is 0 Å². The largest absolute Gasteiger partial charge is 0.455 e. The Morgan fingerprint density at radius 3 is 1.68 bits per heavy atom. The Labute approximate surface area is 386 Å². The van der Waals surface area contributed by atoms with Gasteiger partial charge in [0, 0.05) is 43.8 Å². The van der Waals surface area contributed by atoms with E-state index in [0.29, 0.717) is 0 Å². The van der Waals surface area contributed by atoms with Gasteiger partial charge in [-0.2, -0.15) is 0 Å². The van der Waals surface area contributed by atoms with Crippen LogP contribution in [0, 0.1) is 0 Å². The molecule has 0 N–H and O–H groups in total. The Kier molecular flexibility index (Phi) is 8.33. The number of anilines is 3. The summed E-state index contributed by atoms with van der Waals surface area (Å²) >= 11 is 0. The van der Waals surface area contributed by atoms with Crippen LogP contribution in [0.15, 0.2) is 217 Å². The molecular formula is C64H47NO. The van der Waals surface area contributed by atoms with Gasteiger partial charge >= 0.3 is 0 Å². The fraction of sp³-hybridized carbons (Fsp3) is 0.0938. The molecule has 0 atom stereocenters. The molecule has 0 aliphatic heterocycles. The molecule has 66 heavy (non-hydrogen) atoms. The van der Waals surface area contributed by atoms with Gasteiger partial charge < -0.3 is 9.32 Å². The number of hydrogen-bond donors (Lipinski definition) is 0. The number of nitrogens with zero attached hydrogens (tertiary/aromatic N) is 1. The summed E-state index contributed by atoms with van der Waals surface area (Å²) in [5.41, 5.74) is 22.8. The van der Waals surface area contributed by atoms with Gasteiger partial charge in [0.2, 0.25) is 0 Å². The zero-order valence-electron chi connectivity index (χ0n) is 37.6. The van der Waals surface area contributed by atoms with Crippen molar-refractivity contribution in [2.45, 2.75) is 38.5 Å². The molecule has 1 heterocycles. The molecule has 11 aromatic rings. The summed E-state index contributed by atoms with van der Waals surface area (Å²) in [6.07, 6.45) is 0. The minimum absolute atomic E-state index is 0.121. The Bertz CT molecular complexity index is 3770. The third-order valence-corrected chi connectivity index (χ3v) is 14.9. The van der Waals surface area contributed by atoms with Crippen molar-refractivity contribution < 1.29 is 4.42 Å². The summed E-state index contributed by atoms with van der Waals surface area (Å²) in [4.78, 5) is 2.49. The minimum Gasteiger partial charge on any atom is -0.455 e. The first-order valence-corrected chi connectivity index (χ1v) is 23.2. The number of benzene rings is 10. The van der Waals surface area contributed by atoms with Crippen LogP contribution in [0.25, 0.3) is 88.3 Å². The maximum atomic E-state index is 6.77. The first-order valence-electron chi connectivity index (χ1n) is 23.2. The van der Waals surface area contributed by atoms with E-state index in [1.807, 2.05) is 0 Å². The minimum atomic E-state index is -0.126. The van der Waals surface area contributed by atoms with Gasteiger partial charge in [-0.15, -0.1) is 0 Å². The normalized spacial score (nSPS) is 14.0. The maximum Gasteiger partial charge on any atom is 0.143 e. The molecule has 2 aliphatic rings. The van der Waals surface area contributed by atoms with Crippen molar-refractivity contribution in [3.05, 3.63) is 235 Å². The standard InChI is InChI=1S/C64H47NO/c1-63(2)54-29-12-8-23-51(54)59-48(25-16-30-55(59)63)46-21-9-13-31-56(46)65(42-37-34-41(35-38-42)43-24-15-27-50-45-20-7-11-28-53(45)64(3,4)61(43)50)57-32-14-10-22-47(57)49-26-17-33-58-60(49)52-39-36-40-18-5-6-19-44(40)62(52)66-58/h5-39H,1-4H3. The van der Waals surface area contributed by atoms with Crippen molar-refractivity contribution in [2.24, 2.45) is 0 Å². The summed E-state index contributed by atoms with van der Waals surface area (Å²) in [5.74, 6) is 0. The van der Waals surface area contributed by atoms with Crippen molar-refractivity contribution in [1.29, 1.82) is 0 Å². The molecule has 10 aromatic carbocycles. The Morgan fingerprint density at radius 2 is 0.909 bits per heavy atom. The summed E-state index contributed by atoms with van der Waals surface area (Å²) in [6.45, 7) is 9.47. The highest BCUT2D eigenvalue weighted by Gasteiger charge is 2.39. The molecule has 0 bridgehead atoms. The molecule has 0 radical (unpaired) electrons. The molecule has 0 spiro atoms. The number of fused-ring (bicyclic) bond motifs is 11. The van der Waals surface area contributed by atoms with Gasteiger partial charge in [-0.3, -0.25) is 0 Å². The second-order valence-electron chi connectivity index (χ2n) is 19.2. The summed E-state index contributed by atoms with van der Waals surface area (Å²) in [6, 6.07) is 78.3. The van der Waals surface area contributed by atoms with Gasteiger partial charge in [0.25, 0.3) is 0 Å². The molecule has 314 valence electrons. The lowest BCUT2D eigenvalue weighted by atomic mass is 9.79. The lowest BCUT2D eigenvalue weighted by molar-refractivity contribution is 0.660. The third-order valence-electron chi connectivity index (χ3n) is 14.9. The van der Waals surface area contributed by atoms with Gasteiger partial charge in [-0.05, 0) is 109 Å². The maximum absolute atomic E-state index is 6.77. The van der Waals surface area contributed by atoms with Crippen molar-refractivity contribution >= 4 is 49.8 Å². The van der Waals surface area contributed by atoms with E-state index in [4.69, 9.17) is 4.42 Å². The molecule has 0 saturated heterocycles. The highest BCUT2D eigenvalue weighted by molar-refractivity contribution is 6.20. The number of rotatable bonds is 6. The smallest absolute Gasteiger partial charge is 0.143 e. The molecule has 1 aromatic heterocycles. The molecule has 13 rings (SSSR count). The first-order chi connectivity index (χ1) is 32.3. The molecule has 0 fully saturated rings.